The van der Waals surface area contributed by atoms with Gasteiger partial charge in [0.25, 0.3) is 5.72 Å². The Morgan fingerprint density at radius 2 is 2.04 bits per heavy atom. The van der Waals surface area contributed by atoms with Crippen molar-refractivity contribution in [2.45, 2.75) is 26.0 Å². The fourth-order valence-electron chi connectivity index (χ4n) is 2.15. The molecule has 1 aromatic rings. The number of pyridine rings is 1. The minimum absolute atomic E-state index is 0.147. The number of nitrogens with zero attached hydrogens (tertiary/aromatic N) is 3. The van der Waals surface area contributed by atoms with Gasteiger partial charge >= 0.3 is 11.9 Å². The first-order valence-electron chi connectivity index (χ1n) is 7.28. The van der Waals surface area contributed by atoms with E-state index >= 15 is 0 Å². The van der Waals surface area contributed by atoms with E-state index in [9.17, 15) is 9.59 Å². The van der Waals surface area contributed by atoms with Gasteiger partial charge in [-0.05, 0) is 26.0 Å². The van der Waals surface area contributed by atoms with Gasteiger partial charge in [-0.25, -0.2) is 19.7 Å². The normalized spacial score (nSPS) is 20.1. The maximum Gasteiger partial charge on any atom is 0.364 e. The molecule has 0 aromatic carbocycles. The quantitative estimate of drug-likeness (QED) is 0.719. The molecule has 2 rings (SSSR count). The van der Waals surface area contributed by atoms with Gasteiger partial charge in [-0.2, -0.15) is 0 Å². The Kier molecular flexibility index (Phi) is 5.28. The lowest BCUT2D eigenvalue weighted by Gasteiger charge is -2.23. The molecule has 1 atom stereocenters. The molecule has 0 bridgehead atoms. The highest BCUT2D eigenvalue weighted by Gasteiger charge is 2.51. The van der Waals surface area contributed by atoms with Crippen LogP contribution in [-0.2, 0) is 23.9 Å². The number of aliphatic imine (C=N–C) groups is 1. The highest BCUT2D eigenvalue weighted by Crippen LogP contribution is 2.30. The predicted octanol–water partition coefficient (Wildman–Crippen LogP) is 0.918. The SMILES string of the molecule is CCOC(=O)CC1(C(=O)OCC)N=C(c2cccnc2)N(C)O1. The smallest absolute Gasteiger partial charge is 0.364 e. The molecule has 1 aromatic heterocycles. The lowest BCUT2D eigenvalue weighted by atomic mass is 10.1. The van der Waals surface area contributed by atoms with Crippen LogP contribution < -0.4 is 0 Å². The standard InChI is InChI=1S/C15H19N3O5/c1-4-21-12(19)9-15(14(20)22-5-2)17-13(18(3)23-15)11-7-6-8-16-10-11/h6-8,10H,4-5,9H2,1-3H3. The molecule has 0 saturated carbocycles. The van der Waals surface area contributed by atoms with Gasteiger partial charge in [0.1, 0.15) is 6.42 Å². The van der Waals surface area contributed by atoms with Crippen LogP contribution in [0.2, 0.25) is 0 Å². The van der Waals surface area contributed by atoms with Gasteiger partial charge in [0, 0.05) is 25.0 Å². The summed E-state index contributed by atoms with van der Waals surface area (Å²) in [5, 5.41) is 1.33. The highest BCUT2D eigenvalue weighted by molar-refractivity contribution is 6.01. The van der Waals surface area contributed by atoms with Crippen LogP contribution in [0.25, 0.3) is 0 Å². The molecule has 0 amide bonds. The monoisotopic (exact) mass is 321 g/mol. The summed E-state index contributed by atoms with van der Waals surface area (Å²) in [5.74, 6) is -0.945. The first-order valence-corrected chi connectivity index (χ1v) is 7.28. The number of rotatable bonds is 6. The molecule has 0 aliphatic carbocycles. The van der Waals surface area contributed by atoms with Crippen molar-refractivity contribution in [3.05, 3.63) is 30.1 Å². The average Bonchev–Trinajstić information content (AvgIpc) is 2.86. The molecule has 0 spiro atoms. The third-order valence-electron chi connectivity index (χ3n) is 3.08. The summed E-state index contributed by atoms with van der Waals surface area (Å²) in [6.45, 7) is 3.70. The van der Waals surface area contributed by atoms with Crippen molar-refractivity contribution >= 4 is 17.8 Å². The van der Waals surface area contributed by atoms with Gasteiger partial charge in [0.05, 0.1) is 13.2 Å². The van der Waals surface area contributed by atoms with Crippen molar-refractivity contribution in [1.29, 1.82) is 0 Å². The molecule has 1 aliphatic heterocycles. The number of esters is 2. The average molecular weight is 321 g/mol. The zero-order valence-electron chi connectivity index (χ0n) is 13.3. The van der Waals surface area contributed by atoms with Crippen LogP contribution in [0.3, 0.4) is 0 Å². The highest BCUT2D eigenvalue weighted by atomic mass is 16.7. The molecule has 2 heterocycles. The van der Waals surface area contributed by atoms with Crippen LogP contribution in [0.15, 0.2) is 29.5 Å². The van der Waals surface area contributed by atoms with Crippen LogP contribution in [0.4, 0.5) is 0 Å². The lowest BCUT2D eigenvalue weighted by Crippen LogP contribution is -2.43. The third-order valence-corrected chi connectivity index (χ3v) is 3.08. The Balaban J connectivity index is 2.36. The van der Waals surface area contributed by atoms with E-state index in [0.29, 0.717) is 11.4 Å². The molecule has 0 fully saturated rings. The van der Waals surface area contributed by atoms with Crippen molar-refractivity contribution in [3.8, 4) is 0 Å². The Bertz CT molecular complexity index is 604. The molecular weight excluding hydrogens is 302 g/mol. The third kappa shape index (κ3) is 3.65. The zero-order chi connectivity index (χ0) is 16.9. The molecule has 124 valence electrons. The number of carbonyl (C=O) groups excluding carboxylic acids is 2. The molecule has 0 radical (unpaired) electrons. The van der Waals surface area contributed by atoms with E-state index in [2.05, 4.69) is 9.98 Å². The maximum atomic E-state index is 12.3. The van der Waals surface area contributed by atoms with Crippen LogP contribution in [0.5, 0.6) is 0 Å². The topological polar surface area (TPSA) is 90.3 Å². The number of aromatic nitrogens is 1. The molecule has 8 nitrogen and oxygen atoms in total. The molecule has 0 saturated heterocycles. The maximum absolute atomic E-state index is 12.3. The van der Waals surface area contributed by atoms with Crippen LogP contribution in [-0.4, -0.2) is 53.8 Å². The number of ether oxygens (including phenoxy) is 2. The Morgan fingerprint density at radius 3 is 2.65 bits per heavy atom. The molecular formula is C15H19N3O5. The van der Waals surface area contributed by atoms with Crippen LogP contribution in [0, 0.1) is 0 Å². The second-order valence-electron chi connectivity index (χ2n) is 4.75. The van der Waals surface area contributed by atoms with Gasteiger partial charge in [-0.15, -0.1) is 0 Å². The zero-order valence-corrected chi connectivity index (χ0v) is 13.3. The molecule has 23 heavy (non-hydrogen) atoms. The number of carbonyl (C=O) groups is 2. The van der Waals surface area contributed by atoms with E-state index in [1.807, 2.05) is 0 Å². The van der Waals surface area contributed by atoms with Crippen molar-refractivity contribution in [2.75, 3.05) is 20.3 Å². The Labute approximate surface area is 134 Å². The number of hydrogen-bond donors (Lipinski definition) is 0. The van der Waals surface area contributed by atoms with Gasteiger partial charge in [0.2, 0.25) is 0 Å². The van der Waals surface area contributed by atoms with E-state index in [4.69, 9.17) is 14.3 Å². The first kappa shape index (κ1) is 16.9. The van der Waals surface area contributed by atoms with E-state index in [1.54, 1.807) is 45.4 Å². The number of hydrogen-bond acceptors (Lipinski definition) is 8. The Hall–Kier alpha value is -2.48. The number of amidine groups is 1. The van der Waals surface area contributed by atoms with Crippen molar-refractivity contribution < 1.29 is 23.9 Å². The van der Waals surface area contributed by atoms with Gasteiger partial charge in [-0.1, -0.05) is 0 Å². The summed E-state index contributed by atoms with van der Waals surface area (Å²) in [6.07, 6.45) is 2.84. The van der Waals surface area contributed by atoms with Gasteiger partial charge in [-0.3, -0.25) is 9.78 Å². The second-order valence-corrected chi connectivity index (χ2v) is 4.75. The molecule has 8 heteroatoms. The minimum Gasteiger partial charge on any atom is -0.466 e. The summed E-state index contributed by atoms with van der Waals surface area (Å²) in [6, 6.07) is 3.51. The second kappa shape index (κ2) is 7.19. The molecule has 0 N–H and O–H groups in total. The molecule has 1 aliphatic rings. The number of hydroxylamine groups is 2. The summed E-state index contributed by atoms with van der Waals surface area (Å²) in [7, 11) is 1.60. The van der Waals surface area contributed by atoms with Crippen molar-refractivity contribution in [1.82, 2.24) is 10.0 Å². The van der Waals surface area contributed by atoms with E-state index < -0.39 is 17.7 Å². The lowest BCUT2D eigenvalue weighted by molar-refractivity contribution is -0.207. The largest absolute Gasteiger partial charge is 0.466 e. The summed E-state index contributed by atoms with van der Waals surface area (Å²) < 4.78 is 9.93. The van der Waals surface area contributed by atoms with Crippen molar-refractivity contribution in [3.63, 3.8) is 0 Å². The van der Waals surface area contributed by atoms with Gasteiger partial charge < -0.3 is 9.47 Å². The summed E-state index contributed by atoms with van der Waals surface area (Å²) in [4.78, 5) is 38.1. The Morgan fingerprint density at radius 1 is 1.30 bits per heavy atom. The summed E-state index contributed by atoms with van der Waals surface area (Å²) >= 11 is 0. The van der Waals surface area contributed by atoms with E-state index in [0.717, 1.165) is 0 Å². The van der Waals surface area contributed by atoms with Crippen LogP contribution in [0.1, 0.15) is 25.8 Å². The first-order chi connectivity index (χ1) is 11.0. The fraction of sp³-hybridized carbons (Fsp3) is 0.467. The van der Waals surface area contributed by atoms with E-state index in [-0.39, 0.29) is 19.6 Å². The van der Waals surface area contributed by atoms with Gasteiger partial charge in [0.15, 0.2) is 5.84 Å². The van der Waals surface area contributed by atoms with E-state index in [1.165, 1.54) is 5.06 Å². The summed E-state index contributed by atoms with van der Waals surface area (Å²) in [5.41, 5.74) is -1.12. The fourth-order valence-corrected chi connectivity index (χ4v) is 2.15. The minimum atomic E-state index is -1.78. The van der Waals surface area contributed by atoms with Crippen molar-refractivity contribution in [2.24, 2.45) is 4.99 Å². The van der Waals surface area contributed by atoms with Crippen LogP contribution >= 0.6 is 0 Å². The molecule has 1 unspecified atom stereocenters. The predicted molar refractivity (Wildman–Crippen MR) is 80.2 cm³/mol.